The van der Waals surface area contributed by atoms with Gasteiger partial charge in [0.15, 0.2) is 0 Å². The number of aromatic nitrogens is 2. The van der Waals surface area contributed by atoms with Gasteiger partial charge in [0.05, 0.1) is 24.9 Å². The van der Waals surface area contributed by atoms with Gasteiger partial charge in [-0.15, -0.1) is 0 Å². The number of benzene rings is 1. The number of nitrogens with zero attached hydrogens (tertiary/aromatic N) is 2. The SMILES string of the molecule is CNCc1cc(C(=O)NC2C3COCC32)n(C(C)c2ccccc2F)n1. The molecular formula is C19H23FN4O2. The van der Waals surface area contributed by atoms with Crippen LogP contribution in [0.4, 0.5) is 4.39 Å². The first-order valence-corrected chi connectivity index (χ1v) is 8.96. The number of hydrogen-bond donors (Lipinski definition) is 2. The van der Waals surface area contributed by atoms with Gasteiger partial charge in [-0.05, 0) is 26.1 Å². The third-order valence-electron chi connectivity index (χ3n) is 5.35. The van der Waals surface area contributed by atoms with E-state index in [-0.39, 0.29) is 23.8 Å². The Bertz CT molecular complexity index is 812. The van der Waals surface area contributed by atoms with Crippen molar-refractivity contribution in [3.63, 3.8) is 0 Å². The highest BCUT2D eigenvalue weighted by Crippen LogP contribution is 2.44. The quantitative estimate of drug-likeness (QED) is 0.825. The molecular weight excluding hydrogens is 335 g/mol. The van der Waals surface area contributed by atoms with E-state index in [0.29, 0.717) is 42.9 Å². The Labute approximate surface area is 151 Å². The lowest BCUT2D eigenvalue weighted by Gasteiger charge is -2.17. The zero-order chi connectivity index (χ0) is 18.3. The molecule has 1 aliphatic carbocycles. The molecule has 2 heterocycles. The van der Waals surface area contributed by atoms with E-state index in [9.17, 15) is 9.18 Å². The monoisotopic (exact) mass is 358 g/mol. The molecule has 4 rings (SSSR count). The van der Waals surface area contributed by atoms with Gasteiger partial charge in [-0.1, -0.05) is 18.2 Å². The lowest BCUT2D eigenvalue weighted by Crippen LogP contribution is -2.32. The van der Waals surface area contributed by atoms with E-state index in [1.807, 2.05) is 14.0 Å². The molecule has 0 bridgehead atoms. The van der Waals surface area contributed by atoms with Gasteiger partial charge in [-0.2, -0.15) is 5.10 Å². The molecule has 2 fully saturated rings. The highest BCUT2D eigenvalue weighted by Gasteiger charge is 2.55. The van der Waals surface area contributed by atoms with Crippen LogP contribution in [0.2, 0.25) is 0 Å². The van der Waals surface area contributed by atoms with Crippen LogP contribution < -0.4 is 10.6 Å². The molecule has 1 aromatic heterocycles. The van der Waals surface area contributed by atoms with Gasteiger partial charge in [0.1, 0.15) is 11.5 Å². The predicted octanol–water partition coefficient (Wildman–Crippen LogP) is 1.73. The Morgan fingerprint density at radius 1 is 1.38 bits per heavy atom. The van der Waals surface area contributed by atoms with Crippen molar-refractivity contribution < 1.29 is 13.9 Å². The van der Waals surface area contributed by atoms with Crippen molar-refractivity contribution in [1.29, 1.82) is 0 Å². The van der Waals surface area contributed by atoms with Gasteiger partial charge in [-0.3, -0.25) is 9.48 Å². The highest BCUT2D eigenvalue weighted by atomic mass is 19.1. The Morgan fingerprint density at radius 3 is 2.81 bits per heavy atom. The number of ether oxygens (including phenoxy) is 1. The first-order chi connectivity index (χ1) is 12.6. The van der Waals surface area contributed by atoms with Crippen molar-refractivity contribution in [1.82, 2.24) is 20.4 Å². The maximum Gasteiger partial charge on any atom is 0.269 e. The van der Waals surface area contributed by atoms with Crippen LogP contribution in [0, 0.1) is 17.7 Å². The highest BCUT2D eigenvalue weighted by molar-refractivity contribution is 5.93. The Balaban J connectivity index is 1.61. The van der Waals surface area contributed by atoms with E-state index in [1.165, 1.54) is 6.07 Å². The molecule has 1 saturated carbocycles. The van der Waals surface area contributed by atoms with E-state index >= 15 is 0 Å². The van der Waals surface area contributed by atoms with Crippen molar-refractivity contribution in [3.05, 3.63) is 53.1 Å². The summed E-state index contributed by atoms with van der Waals surface area (Å²) in [7, 11) is 1.82. The maximum atomic E-state index is 14.2. The predicted molar refractivity (Wildman–Crippen MR) is 94.3 cm³/mol. The second-order valence-corrected chi connectivity index (χ2v) is 7.06. The Hall–Kier alpha value is -2.25. The van der Waals surface area contributed by atoms with Gasteiger partial charge >= 0.3 is 0 Å². The zero-order valence-corrected chi connectivity index (χ0v) is 14.9. The molecule has 138 valence electrons. The van der Waals surface area contributed by atoms with Gasteiger partial charge < -0.3 is 15.4 Å². The molecule has 2 aliphatic rings. The van der Waals surface area contributed by atoms with Crippen molar-refractivity contribution in [2.75, 3.05) is 20.3 Å². The smallest absolute Gasteiger partial charge is 0.269 e. The molecule has 2 aromatic rings. The lowest BCUT2D eigenvalue weighted by atomic mass is 10.1. The fraction of sp³-hybridized carbons (Fsp3) is 0.474. The summed E-state index contributed by atoms with van der Waals surface area (Å²) >= 11 is 0. The molecule has 1 saturated heterocycles. The van der Waals surface area contributed by atoms with Crippen molar-refractivity contribution in [2.24, 2.45) is 11.8 Å². The van der Waals surface area contributed by atoms with Gasteiger partial charge in [0.2, 0.25) is 0 Å². The maximum absolute atomic E-state index is 14.2. The van der Waals surface area contributed by atoms with Gasteiger partial charge in [0.25, 0.3) is 5.91 Å². The molecule has 7 heteroatoms. The number of rotatable bonds is 6. The summed E-state index contributed by atoms with van der Waals surface area (Å²) in [5.74, 6) is 0.389. The molecule has 1 amide bonds. The minimum absolute atomic E-state index is 0.164. The van der Waals surface area contributed by atoms with Crippen molar-refractivity contribution in [2.45, 2.75) is 25.6 Å². The second kappa shape index (κ2) is 6.81. The average molecular weight is 358 g/mol. The van der Waals surface area contributed by atoms with E-state index in [0.717, 1.165) is 5.69 Å². The number of fused-ring (bicyclic) bond motifs is 1. The number of amides is 1. The summed E-state index contributed by atoms with van der Waals surface area (Å²) in [5.41, 5.74) is 1.72. The lowest BCUT2D eigenvalue weighted by molar-refractivity contribution is 0.0917. The van der Waals surface area contributed by atoms with E-state index in [2.05, 4.69) is 15.7 Å². The van der Waals surface area contributed by atoms with Crippen LogP contribution in [-0.4, -0.2) is 42.0 Å². The first-order valence-electron chi connectivity index (χ1n) is 8.96. The first kappa shape index (κ1) is 17.2. The van der Waals surface area contributed by atoms with Gasteiger partial charge in [-0.25, -0.2) is 4.39 Å². The van der Waals surface area contributed by atoms with Crippen molar-refractivity contribution in [3.8, 4) is 0 Å². The topological polar surface area (TPSA) is 68.2 Å². The standard InChI is InChI=1S/C19H23FN4O2/c1-11(13-5-3-4-6-16(13)20)24-17(7-12(23-24)8-21-2)19(25)22-18-14-9-26-10-15(14)18/h3-7,11,14-15,18,21H,8-10H2,1-2H3,(H,22,25). The third-order valence-corrected chi connectivity index (χ3v) is 5.35. The number of hydrogen-bond acceptors (Lipinski definition) is 4. The fourth-order valence-corrected chi connectivity index (χ4v) is 3.80. The molecule has 6 nitrogen and oxygen atoms in total. The number of carbonyl (C=O) groups excluding carboxylic acids is 1. The molecule has 1 aliphatic heterocycles. The van der Waals surface area contributed by atoms with E-state index < -0.39 is 0 Å². The normalized spacial score (nSPS) is 25.0. The van der Waals surface area contributed by atoms with Crippen LogP contribution in [-0.2, 0) is 11.3 Å². The summed E-state index contributed by atoms with van der Waals surface area (Å²) in [5, 5.41) is 10.7. The number of nitrogens with one attached hydrogen (secondary N) is 2. The van der Waals surface area contributed by atoms with Crippen LogP contribution in [0.3, 0.4) is 0 Å². The minimum atomic E-state index is -0.385. The zero-order valence-electron chi connectivity index (χ0n) is 14.9. The number of halogens is 1. The Morgan fingerprint density at radius 2 is 2.12 bits per heavy atom. The average Bonchev–Trinajstić information content (AvgIpc) is 3.01. The molecule has 3 atom stereocenters. The van der Waals surface area contributed by atoms with Crippen LogP contribution in [0.5, 0.6) is 0 Å². The minimum Gasteiger partial charge on any atom is -0.381 e. The van der Waals surface area contributed by atoms with Gasteiger partial charge in [0, 0.05) is 30.0 Å². The summed E-state index contributed by atoms with van der Waals surface area (Å²) in [6, 6.07) is 8.16. The summed E-state index contributed by atoms with van der Waals surface area (Å²) in [6.07, 6.45) is 0. The van der Waals surface area contributed by atoms with Crippen LogP contribution in [0.25, 0.3) is 0 Å². The van der Waals surface area contributed by atoms with E-state index in [4.69, 9.17) is 4.74 Å². The molecule has 0 radical (unpaired) electrons. The van der Waals surface area contributed by atoms with Crippen molar-refractivity contribution >= 4 is 5.91 Å². The fourth-order valence-electron chi connectivity index (χ4n) is 3.80. The molecule has 26 heavy (non-hydrogen) atoms. The summed E-state index contributed by atoms with van der Waals surface area (Å²) < 4.78 is 21.2. The molecule has 1 aromatic carbocycles. The van der Waals surface area contributed by atoms with E-state index in [1.54, 1.807) is 28.9 Å². The Kier molecular flexibility index (Phi) is 4.50. The number of carbonyl (C=O) groups is 1. The second-order valence-electron chi connectivity index (χ2n) is 7.06. The van der Waals surface area contributed by atoms with Crippen LogP contribution >= 0.6 is 0 Å². The summed E-state index contributed by atoms with van der Waals surface area (Å²) in [6.45, 7) is 3.82. The molecule has 3 unspecified atom stereocenters. The van der Waals surface area contributed by atoms with Crippen LogP contribution in [0.1, 0.15) is 34.7 Å². The van der Waals surface area contributed by atoms with Crippen LogP contribution in [0.15, 0.2) is 30.3 Å². The molecule has 0 spiro atoms. The summed E-state index contributed by atoms with van der Waals surface area (Å²) in [4.78, 5) is 12.9. The largest absolute Gasteiger partial charge is 0.381 e. The third kappa shape index (κ3) is 3.01. The molecule has 2 N–H and O–H groups in total.